The number of nitrogen functional groups attached to an aromatic ring is 1. The fraction of sp³-hybridized carbons (Fsp3) is 0.316. The van der Waals surface area contributed by atoms with Crippen molar-refractivity contribution < 1.29 is 4.79 Å². The number of carbonyl (C=O) groups is 1. The number of nitrogens with zero attached hydrogens (tertiary/aromatic N) is 3. The summed E-state index contributed by atoms with van der Waals surface area (Å²) >= 11 is 1.29. The van der Waals surface area contributed by atoms with Gasteiger partial charge in [0.25, 0.3) is 0 Å². The molecule has 3 aromatic rings. The number of benzene rings is 2. The van der Waals surface area contributed by atoms with Gasteiger partial charge in [0.2, 0.25) is 11.1 Å². The summed E-state index contributed by atoms with van der Waals surface area (Å²) in [4.78, 5) is 11.8. The van der Waals surface area contributed by atoms with Gasteiger partial charge in [0, 0.05) is 13.0 Å². The molecule has 7 heteroatoms. The molecule has 0 aliphatic carbocycles. The Kier molecular flexibility index (Phi) is 5.78. The van der Waals surface area contributed by atoms with E-state index in [1.54, 1.807) is 0 Å². The first kappa shape index (κ1) is 18.3. The van der Waals surface area contributed by atoms with Gasteiger partial charge in [-0.1, -0.05) is 68.1 Å². The van der Waals surface area contributed by atoms with E-state index in [0.29, 0.717) is 29.9 Å². The highest BCUT2D eigenvalue weighted by molar-refractivity contribution is 7.99. The van der Waals surface area contributed by atoms with Gasteiger partial charge in [0.05, 0.1) is 5.75 Å². The number of nitrogens with one attached hydrogen (secondary N) is 1. The molecular weight excluding hydrogens is 346 g/mol. The zero-order chi connectivity index (χ0) is 18.5. The van der Waals surface area contributed by atoms with Gasteiger partial charge in [-0.15, -0.1) is 10.2 Å². The molecule has 0 fully saturated rings. The predicted molar refractivity (Wildman–Crippen MR) is 105 cm³/mol. The molecule has 1 heterocycles. The highest BCUT2D eigenvalue weighted by Gasteiger charge is 2.14. The minimum Gasteiger partial charge on any atom is -0.355 e. The number of carbonyl (C=O) groups excluding carboxylic acids is 1. The zero-order valence-electron chi connectivity index (χ0n) is 15.0. The number of rotatable bonds is 7. The Labute approximate surface area is 157 Å². The van der Waals surface area contributed by atoms with E-state index in [0.717, 1.165) is 5.56 Å². The van der Waals surface area contributed by atoms with E-state index in [-0.39, 0.29) is 11.7 Å². The Morgan fingerprint density at radius 1 is 1.19 bits per heavy atom. The SMILES string of the molecule is CC(C)CNC(=O)CSc1nnc(Cc2cccc3ccccc23)n1N. The first-order chi connectivity index (χ1) is 12.5. The van der Waals surface area contributed by atoms with Crippen molar-refractivity contribution in [2.75, 3.05) is 18.1 Å². The van der Waals surface area contributed by atoms with Gasteiger partial charge in [-0.05, 0) is 22.3 Å². The molecule has 26 heavy (non-hydrogen) atoms. The second kappa shape index (κ2) is 8.23. The Hall–Kier alpha value is -2.54. The summed E-state index contributed by atoms with van der Waals surface area (Å²) < 4.78 is 1.47. The van der Waals surface area contributed by atoms with Gasteiger partial charge in [-0.25, -0.2) is 4.68 Å². The van der Waals surface area contributed by atoms with Crippen LogP contribution in [0.1, 0.15) is 25.2 Å². The van der Waals surface area contributed by atoms with E-state index in [9.17, 15) is 4.79 Å². The first-order valence-electron chi connectivity index (χ1n) is 8.60. The fourth-order valence-electron chi connectivity index (χ4n) is 2.64. The maximum Gasteiger partial charge on any atom is 0.230 e. The summed E-state index contributed by atoms with van der Waals surface area (Å²) in [7, 11) is 0. The molecule has 0 aliphatic rings. The lowest BCUT2D eigenvalue weighted by molar-refractivity contribution is -0.118. The highest BCUT2D eigenvalue weighted by atomic mass is 32.2. The molecule has 0 bridgehead atoms. The summed E-state index contributed by atoms with van der Waals surface area (Å²) in [6.45, 7) is 4.79. The smallest absolute Gasteiger partial charge is 0.230 e. The third-order valence-electron chi connectivity index (χ3n) is 4.00. The number of hydrogen-bond acceptors (Lipinski definition) is 5. The van der Waals surface area contributed by atoms with Crippen molar-refractivity contribution in [1.29, 1.82) is 0 Å². The lowest BCUT2D eigenvalue weighted by Gasteiger charge is -2.08. The van der Waals surface area contributed by atoms with E-state index in [4.69, 9.17) is 5.84 Å². The number of nitrogens with two attached hydrogens (primary N) is 1. The molecule has 0 radical (unpaired) electrons. The molecular formula is C19H23N5OS. The predicted octanol–water partition coefficient (Wildman–Crippen LogP) is 2.60. The van der Waals surface area contributed by atoms with Gasteiger partial charge in [0.15, 0.2) is 5.82 Å². The Morgan fingerprint density at radius 2 is 1.96 bits per heavy atom. The van der Waals surface area contributed by atoms with Crippen LogP contribution in [0.25, 0.3) is 10.8 Å². The minimum absolute atomic E-state index is 0.0256. The van der Waals surface area contributed by atoms with Crippen LogP contribution in [0.5, 0.6) is 0 Å². The topological polar surface area (TPSA) is 85.8 Å². The van der Waals surface area contributed by atoms with Gasteiger partial charge in [-0.3, -0.25) is 4.79 Å². The van der Waals surface area contributed by atoms with Gasteiger partial charge >= 0.3 is 0 Å². The summed E-state index contributed by atoms with van der Waals surface area (Å²) in [5, 5.41) is 14.1. The highest BCUT2D eigenvalue weighted by Crippen LogP contribution is 2.22. The molecule has 3 N–H and O–H groups in total. The van der Waals surface area contributed by atoms with Gasteiger partial charge in [-0.2, -0.15) is 0 Å². The fourth-order valence-corrected chi connectivity index (χ4v) is 3.35. The lowest BCUT2D eigenvalue weighted by atomic mass is 10.0. The normalized spacial score (nSPS) is 11.2. The number of thioether (sulfide) groups is 1. The van der Waals surface area contributed by atoms with Crippen molar-refractivity contribution in [2.24, 2.45) is 5.92 Å². The second-order valence-corrected chi connectivity index (χ2v) is 7.51. The average Bonchev–Trinajstić information content (AvgIpc) is 2.98. The second-order valence-electron chi connectivity index (χ2n) is 6.57. The van der Waals surface area contributed by atoms with E-state index >= 15 is 0 Å². The van der Waals surface area contributed by atoms with Crippen LogP contribution < -0.4 is 11.2 Å². The largest absolute Gasteiger partial charge is 0.355 e. The third kappa shape index (κ3) is 4.35. The summed E-state index contributed by atoms with van der Waals surface area (Å²) in [6.07, 6.45) is 0.588. The molecule has 3 rings (SSSR count). The van der Waals surface area contributed by atoms with Crippen molar-refractivity contribution in [2.45, 2.75) is 25.4 Å². The standard InChI is InChI=1S/C19H23N5OS/c1-13(2)11-21-18(25)12-26-19-23-22-17(24(19)20)10-15-8-5-7-14-6-3-4-9-16(14)15/h3-9,13H,10-12,20H2,1-2H3,(H,21,25). The summed E-state index contributed by atoms with van der Waals surface area (Å²) in [5.41, 5.74) is 1.15. The summed E-state index contributed by atoms with van der Waals surface area (Å²) in [5.74, 6) is 7.49. The van der Waals surface area contributed by atoms with Crippen LogP contribution in [-0.2, 0) is 11.2 Å². The van der Waals surface area contributed by atoms with Crippen LogP contribution >= 0.6 is 11.8 Å². The molecule has 0 saturated carbocycles. The maximum atomic E-state index is 11.8. The average molecular weight is 369 g/mol. The maximum absolute atomic E-state index is 11.8. The van der Waals surface area contributed by atoms with Crippen molar-refractivity contribution in [3.05, 3.63) is 53.9 Å². The molecule has 6 nitrogen and oxygen atoms in total. The number of fused-ring (bicyclic) bond motifs is 1. The van der Waals surface area contributed by atoms with Crippen LogP contribution in [-0.4, -0.2) is 33.1 Å². The van der Waals surface area contributed by atoms with Crippen LogP contribution in [0, 0.1) is 5.92 Å². The Morgan fingerprint density at radius 3 is 2.77 bits per heavy atom. The van der Waals surface area contributed by atoms with Crippen LogP contribution in [0.2, 0.25) is 0 Å². The van der Waals surface area contributed by atoms with Gasteiger partial charge < -0.3 is 11.2 Å². The lowest BCUT2D eigenvalue weighted by Crippen LogP contribution is -2.29. The molecule has 0 saturated heterocycles. The van der Waals surface area contributed by atoms with E-state index < -0.39 is 0 Å². The molecule has 2 aromatic carbocycles. The van der Waals surface area contributed by atoms with Crippen LogP contribution in [0.15, 0.2) is 47.6 Å². The van der Waals surface area contributed by atoms with Crippen molar-refractivity contribution in [1.82, 2.24) is 20.2 Å². The Bertz CT molecular complexity index is 901. The van der Waals surface area contributed by atoms with Crippen molar-refractivity contribution in [3.63, 3.8) is 0 Å². The molecule has 1 amide bonds. The molecule has 1 aromatic heterocycles. The third-order valence-corrected chi connectivity index (χ3v) is 4.95. The van der Waals surface area contributed by atoms with E-state index in [1.807, 2.05) is 18.2 Å². The van der Waals surface area contributed by atoms with Crippen LogP contribution in [0.4, 0.5) is 0 Å². The number of amides is 1. The first-order valence-corrected chi connectivity index (χ1v) is 9.58. The van der Waals surface area contributed by atoms with Gasteiger partial charge in [0.1, 0.15) is 0 Å². The molecule has 0 atom stereocenters. The molecule has 136 valence electrons. The number of aromatic nitrogens is 3. The monoisotopic (exact) mass is 369 g/mol. The van der Waals surface area contributed by atoms with Crippen molar-refractivity contribution >= 4 is 28.4 Å². The molecule has 0 spiro atoms. The zero-order valence-corrected chi connectivity index (χ0v) is 15.8. The van der Waals surface area contributed by atoms with E-state index in [1.165, 1.54) is 27.2 Å². The quantitative estimate of drug-likeness (QED) is 0.494. The number of hydrogen-bond donors (Lipinski definition) is 2. The molecule has 0 unspecified atom stereocenters. The van der Waals surface area contributed by atoms with E-state index in [2.05, 4.69) is 53.6 Å². The molecule has 0 aliphatic heterocycles. The minimum atomic E-state index is -0.0256. The summed E-state index contributed by atoms with van der Waals surface area (Å²) in [6, 6.07) is 14.4. The van der Waals surface area contributed by atoms with Crippen LogP contribution in [0.3, 0.4) is 0 Å². The Balaban J connectivity index is 1.68. The van der Waals surface area contributed by atoms with Crippen molar-refractivity contribution in [3.8, 4) is 0 Å².